The van der Waals surface area contributed by atoms with Gasteiger partial charge in [-0.25, -0.2) is 0 Å². The van der Waals surface area contributed by atoms with Gasteiger partial charge in [-0.1, -0.05) is 13.8 Å². The summed E-state index contributed by atoms with van der Waals surface area (Å²) in [5.41, 5.74) is 0. The van der Waals surface area contributed by atoms with Crippen LogP contribution in [0.5, 0.6) is 6.01 Å². The molecular weight excluding hydrogens is 216 g/mol. The predicted octanol–water partition coefficient (Wildman–Crippen LogP) is 1.99. The molecule has 0 saturated carbocycles. The van der Waals surface area contributed by atoms with Gasteiger partial charge in [0.25, 0.3) is 0 Å². The van der Waals surface area contributed by atoms with Crippen LogP contribution in [0.4, 0.5) is 5.95 Å². The van der Waals surface area contributed by atoms with E-state index in [1.54, 1.807) is 0 Å². The molecule has 0 aliphatic rings. The molecule has 1 atom stereocenters. The van der Waals surface area contributed by atoms with Crippen molar-refractivity contribution in [3.05, 3.63) is 5.28 Å². The molecule has 0 aliphatic heterocycles. The Morgan fingerprint density at radius 2 is 1.87 bits per heavy atom. The van der Waals surface area contributed by atoms with Gasteiger partial charge in [0.15, 0.2) is 0 Å². The van der Waals surface area contributed by atoms with Crippen LogP contribution >= 0.6 is 11.6 Å². The molecule has 1 aromatic rings. The van der Waals surface area contributed by atoms with E-state index < -0.39 is 0 Å². The van der Waals surface area contributed by atoms with Crippen LogP contribution in [0, 0.1) is 5.92 Å². The third-order valence-corrected chi connectivity index (χ3v) is 2.30. The molecule has 0 fully saturated rings. The van der Waals surface area contributed by atoms with Crippen molar-refractivity contribution in [1.82, 2.24) is 15.0 Å². The van der Waals surface area contributed by atoms with E-state index in [0.29, 0.717) is 11.9 Å². The first-order chi connectivity index (χ1) is 7.02. The van der Waals surface area contributed by atoms with E-state index in [2.05, 4.69) is 41.0 Å². The smallest absolute Gasteiger partial charge is 0.322 e. The van der Waals surface area contributed by atoms with Crippen LogP contribution in [0.3, 0.4) is 0 Å². The Hall–Kier alpha value is -1.10. The molecule has 1 unspecified atom stereocenters. The molecule has 0 radical (unpaired) electrons. The highest BCUT2D eigenvalue weighted by Crippen LogP contribution is 2.13. The Morgan fingerprint density at radius 3 is 2.40 bits per heavy atom. The quantitative estimate of drug-likeness (QED) is 0.857. The summed E-state index contributed by atoms with van der Waals surface area (Å²) < 4.78 is 4.89. The van der Waals surface area contributed by atoms with Crippen molar-refractivity contribution in [1.29, 1.82) is 0 Å². The molecule has 15 heavy (non-hydrogen) atoms. The van der Waals surface area contributed by atoms with E-state index >= 15 is 0 Å². The van der Waals surface area contributed by atoms with Crippen molar-refractivity contribution in [2.24, 2.45) is 5.92 Å². The molecule has 0 bridgehead atoms. The molecule has 84 valence electrons. The number of hydrogen-bond donors (Lipinski definition) is 1. The minimum absolute atomic E-state index is 0.125. The zero-order chi connectivity index (χ0) is 11.4. The minimum Gasteiger partial charge on any atom is -0.467 e. The van der Waals surface area contributed by atoms with Gasteiger partial charge in [0, 0.05) is 6.04 Å². The number of aromatic nitrogens is 3. The van der Waals surface area contributed by atoms with E-state index in [9.17, 15) is 0 Å². The van der Waals surface area contributed by atoms with Gasteiger partial charge in [0.1, 0.15) is 0 Å². The van der Waals surface area contributed by atoms with Gasteiger partial charge >= 0.3 is 6.01 Å². The molecule has 0 aliphatic carbocycles. The maximum Gasteiger partial charge on any atom is 0.322 e. The number of halogens is 1. The van der Waals surface area contributed by atoms with E-state index in [1.807, 2.05) is 0 Å². The number of nitrogens with zero attached hydrogens (tertiary/aromatic N) is 3. The highest BCUT2D eigenvalue weighted by Gasteiger charge is 2.10. The first-order valence-corrected chi connectivity index (χ1v) is 5.13. The Bertz CT molecular complexity index is 332. The van der Waals surface area contributed by atoms with E-state index in [-0.39, 0.29) is 17.3 Å². The number of anilines is 1. The second-order valence-corrected chi connectivity index (χ2v) is 3.93. The zero-order valence-electron chi connectivity index (χ0n) is 9.28. The molecule has 0 aromatic carbocycles. The largest absolute Gasteiger partial charge is 0.467 e. The van der Waals surface area contributed by atoms with Gasteiger partial charge in [-0.3, -0.25) is 0 Å². The molecular formula is C9H15ClN4O. The number of nitrogens with one attached hydrogen (secondary N) is 1. The maximum atomic E-state index is 5.71. The normalized spacial score (nSPS) is 12.7. The van der Waals surface area contributed by atoms with Crippen molar-refractivity contribution in [3.8, 4) is 6.01 Å². The standard InChI is InChI=1S/C9H15ClN4O/c1-5(2)6(3)11-8-12-7(10)13-9(14-8)15-4/h5-6H,1-4H3,(H,11,12,13,14). The lowest BCUT2D eigenvalue weighted by Gasteiger charge is -2.17. The molecule has 5 nitrogen and oxygen atoms in total. The Kier molecular flexibility index (Phi) is 4.08. The average Bonchev–Trinajstić information content (AvgIpc) is 2.16. The number of rotatable bonds is 4. The fraction of sp³-hybridized carbons (Fsp3) is 0.667. The Morgan fingerprint density at radius 1 is 1.20 bits per heavy atom. The van der Waals surface area contributed by atoms with Crippen LogP contribution in [0.2, 0.25) is 5.28 Å². The fourth-order valence-corrected chi connectivity index (χ4v) is 1.01. The van der Waals surface area contributed by atoms with Gasteiger partial charge < -0.3 is 10.1 Å². The molecule has 0 spiro atoms. The van der Waals surface area contributed by atoms with Crippen LogP contribution < -0.4 is 10.1 Å². The first-order valence-electron chi connectivity index (χ1n) is 4.75. The van der Waals surface area contributed by atoms with E-state index in [0.717, 1.165) is 0 Å². The SMILES string of the molecule is COc1nc(Cl)nc(NC(C)C(C)C)n1. The number of hydrogen-bond acceptors (Lipinski definition) is 5. The van der Waals surface area contributed by atoms with Crippen molar-refractivity contribution in [2.45, 2.75) is 26.8 Å². The average molecular weight is 231 g/mol. The summed E-state index contributed by atoms with van der Waals surface area (Å²) >= 11 is 5.71. The van der Waals surface area contributed by atoms with Crippen molar-refractivity contribution in [3.63, 3.8) is 0 Å². The molecule has 1 heterocycles. The van der Waals surface area contributed by atoms with Crippen LogP contribution in [0.25, 0.3) is 0 Å². The Balaban J connectivity index is 2.80. The van der Waals surface area contributed by atoms with Crippen LogP contribution in [-0.2, 0) is 0 Å². The lowest BCUT2D eigenvalue weighted by atomic mass is 10.1. The first kappa shape index (κ1) is 12.0. The van der Waals surface area contributed by atoms with Crippen molar-refractivity contribution >= 4 is 17.5 Å². The number of ether oxygens (including phenoxy) is 1. The zero-order valence-corrected chi connectivity index (χ0v) is 10.0. The fourth-order valence-electron chi connectivity index (χ4n) is 0.858. The number of methoxy groups -OCH3 is 1. The van der Waals surface area contributed by atoms with Crippen LogP contribution in [0.15, 0.2) is 0 Å². The Labute approximate surface area is 94.2 Å². The highest BCUT2D eigenvalue weighted by atomic mass is 35.5. The molecule has 1 N–H and O–H groups in total. The molecule has 1 rings (SSSR count). The third kappa shape index (κ3) is 3.51. The maximum absolute atomic E-state index is 5.71. The lowest BCUT2D eigenvalue weighted by molar-refractivity contribution is 0.378. The van der Waals surface area contributed by atoms with E-state index in [4.69, 9.17) is 16.3 Å². The summed E-state index contributed by atoms with van der Waals surface area (Å²) in [6, 6.07) is 0.474. The summed E-state index contributed by atoms with van der Waals surface area (Å²) in [6.07, 6.45) is 0. The minimum atomic E-state index is 0.125. The van der Waals surface area contributed by atoms with Gasteiger partial charge in [0.2, 0.25) is 11.2 Å². The van der Waals surface area contributed by atoms with Gasteiger partial charge in [-0.05, 0) is 24.4 Å². The molecule has 0 saturated heterocycles. The lowest BCUT2D eigenvalue weighted by Crippen LogP contribution is -2.23. The molecule has 6 heteroatoms. The summed E-state index contributed by atoms with van der Waals surface area (Å²) in [5, 5.41) is 3.26. The van der Waals surface area contributed by atoms with Crippen LogP contribution in [0.1, 0.15) is 20.8 Å². The summed E-state index contributed by atoms with van der Waals surface area (Å²) in [5.74, 6) is 0.916. The van der Waals surface area contributed by atoms with Crippen LogP contribution in [-0.4, -0.2) is 28.1 Å². The van der Waals surface area contributed by atoms with Gasteiger partial charge in [-0.2, -0.15) is 15.0 Å². The van der Waals surface area contributed by atoms with Crippen molar-refractivity contribution in [2.75, 3.05) is 12.4 Å². The van der Waals surface area contributed by atoms with Crippen molar-refractivity contribution < 1.29 is 4.74 Å². The molecule has 1 aromatic heterocycles. The summed E-state index contributed by atoms with van der Waals surface area (Å²) in [6.45, 7) is 6.27. The second-order valence-electron chi connectivity index (χ2n) is 3.59. The summed E-state index contributed by atoms with van der Waals surface area (Å²) in [7, 11) is 1.49. The van der Waals surface area contributed by atoms with Gasteiger partial charge in [0.05, 0.1) is 7.11 Å². The topological polar surface area (TPSA) is 59.9 Å². The molecule has 0 amide bonds. The third-order valence-electron chi connectivity index (χ3n) is 2.13. The van der Waals surface area contributed by atoms with Gasteiger partial charge in [-0.15, -0.1) is 0 Å². The summed E-state index contributed by atoms with van der Waals surface area (Å²) in [4.78, 5) is 11.8. The second kappa shape index (κ2) is 5.11. The monoisotopic (exact) mass is 230 g/mol. The predicted molar refractivity (Wildman–Crippen MR) is 59.3 cm³/mol. The van der Waals surface area contributed by atoms with E-state index in [1.165, 1.54) is 7.11 Å². The highest BCUT2D eigenvalue weighted by molar-refractivity contribution is 6.28.